The van der Waals surface area contributed by atoms with Crippen LogP contribution in [0.5, 0.6) is 0 Å². The summed E-state index contributed by atoms with van der Waals surface area (Å²) in [6, 6.07) is 14.9. The average molecular weight is 479 g/mol. The number of carbonyl (C=O) groups excluding carboxylic acids is 2. The minimum absolute atomic E-state index is 0.0728. The van der Waals surface area contributed by atoms with Crippen molar-refractivity contribution in [2.24, 2.45) is 0 Å². The Hall–Kier alpha value is -3.36. The molecule has 0 bridgehead atoms. The molecule has 2 aliphatic rings. The van der Waals surface area contributed by atoms with Crippen LogP contribution in [-0.2, 0) is 0 Å². The molecule has 2 fully saturated rings. The molecular formula is C25H27ClN6O2. The highest BCUT2D eigenvalue weighted by Gasteiger charge is 2.32. The molecule has 5 rings (SSSR count). The van der Waals surface area contributed by atoms with Crippen LogP contribution in [0, 0.1) is 0 Å². The number of benzene rings is 2. The molecule has 1 aliphatic carbocycles. The van der Waals surface area contributed by atoms with Crippen molar-refractivity contribution in [3.63, 3.8) is 0 Å². The fourth-order valence-corrected chi connectivity index (χ4v) is 4.47. The molecule has 0 unspecified atom stereocenters. The molecule has 34 heavy (non-hydrogen) atoms. The summed E-state index contributed by atoms with van der Waals surface area (Å²) in [4.78, 5) is 27.7. The Kier molecular flexibility index (Phi) is 6.51. The molecule has 1 saturated heterocycles. The molecule has 2 aromatic carbocycles. The van der Waals surface area contributed by atoms with Crippen LogP contribution in [-0.4, -0.2) is 51.8 Å². The number of nitrogens with one attached hydrogen (secondary N) is 3. The molecular weight excluding hydrogens is 452 g/mol. The van der Waals surface area contributed by atoms with Crippen molar-refractivity contribution >= 4 is 34.9 Å². The van der Waals surface area contributed by atoms with E-state index in [2.05, 4.69) is 25.9 Å². The molecule has 3 aromatic rings. The van der Waals surface area contributed by atoms with Crippen LogP contribution in [0.15, 0.2) is 60.9 Å². The molecule has 1 aromatic heterocycles. The van der Waals surface area contributed by atoms with Gasteiger partial charge in [0.25, 0.3) is 5.91 Å². The molecule has 1 saturated carbocycles. The number of para-hydroxylation sites is 1. The van der Waals surface area contributed by atoms with E-state index in [0.29, 0.717) is 22.0 Å². The van der Waals surface area contributed by atoms with Gasteiger partial charge in [0.2, 0.25) is 0 Å². The third-order valence-electron chi connectivity index (χ3n) is 6.26. The molecule has 176 valence electrons. The number of hydrogen-bond donors (Lipinski definition) is 3. The Morgan fingerprint density at radius 1 is 0.971 bits per heavy atom. The van der Waals surface area contributed by atoms with Crippen molar-refractivity contribution in [1.82, 2.24) is 20.0 Å². The molecule has 8 nitrogen and oxygen atoms in total. The lowest BCUT2D eigenvalue weighted by atomic mass is 10.0. The summed E-state index contributed by atoms with van der Waals surface area (Å²) in [5.41, 5.74) is 2.35. The maximum Gasteiger partial charge on any atom is 0.323 e. The largest absolute Gasteiger partial charge is 0.349 e. The molecule has 3 N–H and O–H groups in total. The van der Waals surface area contributed by atoms with E-state index in [1.165, 1.54) is 12.8 Å². The highest BCUT2D eigenvalue weighted by atomic mass is 35.5. The summed E-state index contributed by atoms with van der Waals surface area (Å²) < 4.78 is 1.62. The van der Waals surface area contributed by atoms with E-state index in [0.717, 1.165) is 37.7 Å². The Morgan fingerprint density at radius 2 is 1.76 bits per heavy atom. The van der Waals surface area contributed by atoms with E-state index in [9.17, 15) is 9.59 Å². The van der Waals surface area contributed by atoms with Gasteiger partial charge in [-0.2, -0.15) is 5.10 Å². The number of aromatic nitrogens is 2. The summed E-state index contributed by atoms with van der Waals surface area (Å²) in [5, 5.41) is 13.4. The fourth-order valence-electron chi connectivity index (χ4n) is 4.28. The molecule has 2 heterocycles. The topological polar surface area (TPSA) is 91.3 Å². The maximum atomic E-state index is 12.8. The van der Waals surface area contributed by atoms with Crippen LogP contribution < -0.4 is 16.0 Å². The minimum Gasteiger partial charge on any atom is -0.349 e. The van der Waals surface area contributed by atoms with Crippen LogP contribution in [0.1, 0.15) is 36.0 Å². The minimum atomic E-state index is -0.423. The lowest BCUT2D eigenvalue weighted by Gasteiger charge is -2.32. The number of amides is 3. The van der Waals surface area contributed by atoms with E-state index in [1.54, 1.807) is 53.5 Å². The Labute approximate surface area is 203 Å². The maximum absolute atomic E-state index is 12.8. The number of anilines is 2. The van der Waals surface area contributed by atoms with Gasteiger partial charge in [-0.05, 0) is 56.0 Å². The Morgan fingerprint density at radius 3 is 2.53 bits per heavy atom. The number of halogens is 1. The summed E-state index contributed by atoms with van der Waals surface area (Å²) >= 11 is 6.08. The first-order valence-electron chi connectivity index (χ1n) is 11.6. The molecule has 3 amide bonds. The van der Waals surface area contributed by atoms with Gasteiger partial charge in [0.1, 0.15) is 0 Å². The molecule has 0 atom stereocenters. The zero-order valence-electron chi connectivity index (χ0n) is 18.7. The second-order valence-electron chi connectivity index (χ2n) is 8.80. The van der Waals surface area contributed by atoms with Gasteiger partial charge >= 0.3 is 6.03 Å². The predicted molar refractivity (Wildman–Crippen MR) is 133 cm³/mol. The van der Waals surface area contributed by atoms with Gasteiger partial charge < -0.3 is 20.9 Å². The summed E-state index contributed by atoms with van der Waals surface area (Å²) in [5.74, 6) is -0.0728. The third kappa shape index (κ3) is 5.40. The van der Waals surface area contributed by atoms with Crippen LogP contribution >= 0.6 is 11.6 Å². The summed E-state index contributed by atoms with van der Waals surface area (Å²) in [6.07, 6.45) is 7.86. The van der Waals surface area contributed by atoms with Crippen molar-refractivity contribution in [3.05, 3.63) is 71.5 Å². The number of piperidine rings is 1. The van der Waals surface area contributed by atoms with E-state index < -0.39 is 6.03 Å². The average Bonchev–Trinajstić information content (AvgIpc) is 3.60. The first-order valence-corrected chi connectivity index (χ1v) is 12.0. The number of likely N-dealkylation sites (tertiary alicyclic amines) is 1. The van der Waals surface area contributed by atoms with Gasteiger partial charge in [-0.1, -0.05) is 29.8 Å². The quantitative estimate of drug-likeness (QED) is 0.485. The zero-order valence-corrected chi connectivity index (χ0v) is 19.5. The Balaban J connectivity index is 1.18. The highest BCUT2D eigenvalue weighted by Crippen LogP contribution is 2.29. The number of hydrogen-bond acceptors (Lipinski definition) is 4. The number of nitrogens with zero attached hydrogens (tertiary/aromatic N) is 3. The summed E-state index contributed by atoms with van der Waals surface area (Å²) in [6.45, 7) is 2.12. The van der Waals surface area contributed by atoms with E-state index >= 15 is 0 Å². The van der Waals surface area contributed by atoms with E-state index in [1.807, 2.05) is 12.1 Å². The van der Waals surface area contributed by atoms with Crippen LogP contribution in [0.3, 0.4) is 0 Å². The fraction of sp³-hybridized carbons (Fsp3) is 0.320. The first kappa shape index (κ1) is 22.4. The normalized spacial score (nSPS) is 16.7. The van der Waals surface area contributed by atoms with Crippen molar-refractivity contribution in [2.75, 3.05) is 23.7 Å². The second kappa shape index (κ2) is 9.87. The smallest absolute Gasteiger partial charge is 0.323 e. The van der Waals surface area contributed by atoms with Crippen LogP contribution in [0.2, 0.25) is 5.02 Å². The van der Waals surface area contributed by atoms with Gasteiger partial charge in [0, 0.05) is 30.7 Å². The lowest BCUT2D eigenvalue weighted by Crippen LogP contribution is -2.45. The van der Waals surface area contributed by atoms with Gasteiger partial charge in [0.15, 0.2) is 0 Å². The molecule has 9 heteroatoms. The highest BCUT2D eigenvalue weighted by molar-refractivity contribution is 6.33. The Bertz CT molecular complexity index is 1180. The standard InChI is InChI=1S/C25H27ClN6O2/c26-22-6-1-2-7-23(22)30-25(34)29-19-15-27-32(16-19)21-5-3-4-17(14-21)24(33)28-18-10-12-31(13-11-18)20-8-9-20/h1-7,14-16,18,20H,8-13H2,(H,28,33)(H2,29,30,34). The predicted octanol–water partition coefficient (Wildman–Crippen LogP) is 4.53. The van der Waals surface area contributed by atoms with E-state index in [4.69, 9.17) is 11.6 Å². The van der Waals surface area contributed by atoms with Gasteiger partial charge in [-0.3, -0.25) is 4.79 Å². The van der Waals surface area contributed by atoms with Gasteiger partial charge in [-0.25, -0.2) is 9.48 Å². The van der Waals surface area contributed by atoms with Gasteiger partial charge in [0.05, 0.1) is 34.5 Å². The van der Waals surface area contributed by atoms with Crippen LogP contribution in [0.25, 0.3) is 5.69 Å². The van der Waals surface area contributed by atoms with Gasteiger partial charge in [-0.15, -0.1) is 0 Å². The zero-order chi connectivity index (χ0) is 23.5. The molecule has 0 radical (unpaired) electrons. The number of urea groups is 1. The van der Waals surface area contributed by atoms with Crippen molar-refractivity contribution in [2.45, 2.75) is 37.8 Å². The lowest BCUT2D eigenvalue weighted by molar-refractivity contribution is 0.0909. The molecule has 1 aliphatic heterocycles. The van der Waals surface area contributed by atoms with Crippen molar-refractivity contribution in [1.29, 1.82) is 0 Å². The SMILES string of the molecule is O=C(Nc1cnn(-c2cccc(C(=O)NC3CCN(C4CC4)CC3)c2)c1)Nc1ccccc1Cl. The summed E-state index contributed by atoms with van der Waals surface area (Å²) in [7, 11) is 0. The first-order chi connectivity index (χ1) is 16.5. The number of rotatable bonds is 6. The van der Waals surface area contributed by atoms with Crippen molar-refractivity contribution < 1.29 is 9.59 Å². The molecule has 0 spiro atoms. The monoisotopic (exact) mass is 478 g/mol. The van der Waals surface area contributed by atoms with E-state index in [-0.39, 0.29) is 11.9 Å². The van der Waals surface area contributed by atoms with Crippen LogP contribution in [0.4, 0.5) is 16.2 Å². The number of carbonyl (C=O) groups is 2. The van der Waals surface area contributed by atoms with Crippen molar-refractivity contribution in [3.8, 4) is 5.69 Å². The third-order valence-corrected chi connectivity index (χ3v) is 6.59. The second-order valence-corrected chi connectivity index (χ2v) is 9.20.